The van der Waals surface area contributed by atoms with Crippen molar-refractivity contribution in [2.75, 3.05) is 13.7 Å². The molecular formula is C32H37N5O7. The number of hydrogen-bond acceptors (Lipinski definition) is 8. The molecule has 1 saturated heterocycles. The third kappa shape index (κ3) is 7.61. The van der Waals surface area contributed by atoms with Crippen molar-refractivity contribution >= 4 is 40.4 Å². The van der Waals surface area contributed by atoms with Crippen molar-refractivity contribution in [2.45, 2.75) is 63.6 Å². The molecule has 12 heteroatoms. The van der Waals surface area contributed by atoms with E-state index in [2.05, 4.69) is 26.4 Å². The number of nitrogens with zero attached hydrogens (tertiary/aromatic N) is 1. The van der Waals surface area contributed by atoms with E-state index in [1.54, 1.807) is 6.92 Å². The highest BCUT2D eigenvalue weighted by Gasteiger charge is 2.37. The predicted octanol–water partition coefficient (Wildman–Crippen LogP) is 1.95. The molecule has 0 spiro atoms. The number of nitrogens with one attached hydrogen (secondary N) is 4. The van der Waals surface area contributed by atoms with Crippen LogP contribution in [0.3, 0.4) is 0 Å². The van der Waals surface area contributed by atoms with Crippen molar-refractivity contribution in [3.63, 3.8) is 0 Å². The number of carbonyl (C=O) groups excluding carboxylic acids is 5. The molecule has 0 unspecified atom stereocenters. The normalized spacial score (nSPS) is 18.1. The lowest BCUT2D eigenvalue weighted by Gasteiger charge is -2.25. The molecule has 12 nitrogen and oxygen atoms in total. The number of fused-ring (bicyclic) bond motifs is 1. The predicted molar refractivity (Wildman–Crippen MR) is 159 cm³/mol. The largest absolute Gasteiger partial charge is 0.467 e. The van der Waals surface area contributed by atoms with Gasteiger partial charge < -0.3 is 30.5 Å². The van der Waals surface area contributed by atoms with Crippen LogP contribution in [0.25, 0.3) is 10.8 Å². The van der Waals surface area contributed by atoms with Crippen LogP contribution < -0.4 is 21.3 Å². The first-order chi connectivity index (χ1) is 21.2. The summed E-state index contributed by atoms with van der Waals surface area (Å²) in [6.45, 7) is 2.16. The second kappa shape index (κ2) is 13.7. The van der Waals surface area contributed by atoms with Crippen molar-refractivity contribution in [1.82, 2.24) is 26.4 Å². The number of amides is 4. The quantitative estimate of drug-likeness (QED) is 0.215. The van der Waals surface area contributed by atoms with E-state index < -0.39 is 47.7 Å². The highest BCUT2D eigenvalue weighted by atomic mass is 16.5. The van der Waals surface area contributed by atoms with Gasteiger partial charge in [0.2, 0.25) is 17.7 Å². The average molecular weight is 604 g/mol. The number of hydrogen-bond donors (Lipinski definition) is 4. The third-order valence-corrected chi connectivity index (χ3v) is 8.17. The minimum Gasteiger partial charge on any atom is -0.467 e. The van der Waals surface area contributed by atoms with Crippen LogP contribution in [0.5, 0.6) is 0 Å². The molecule has 3 aromatic rings. The Morgan fingerprint density at radius 1 is 0.955 bits per heavy atom. The SMILES string of the molecule is COC(=O)[C@H](C[C@@H]1CCNC1=O)NC(=O)[C@H](CC1CC1)NC(=O)[C@H](Cc1cccc2ccccc12)NC(=O)c1cc(C)on1. The molecule has 2 aromatic carbocycles. The third-order valence-electron chi connectivity index (χ3n) is 8.17. The molecule has 0 radical (unpaired) electrons. The smallest absolute Gasteiger partial charge is 0.328 e. The Morgan fingerprint density at radius 3 is 2.36 bits per heavy atom. The summed E-state index contributed by atoms with van der Waals surface area (Å²) in [7, 11) is 1.22. The van der Waals surface area contributed by atoms with Crippen molar-refractivity contribution in [3.8, 4) is 0 Å². The zero-order valence-corrected chi connectivity index (χ0v) is 24.8. The van der Waals surface area contributed by atoms with E-state index in [1.165, 1.54) is 13.2 Å². The fourth-order valence-electron chi connectivity index (χ4n) is 5.58. The first-order valence-electron chi connectivity index (χ1n) is 14.9. The fourth-order valence-corrected chi connectivity index (χ4v) is 5.58. The summed E-state index contributed by atoms with van der Waals surface area (Å²) in [6.07, 6.45) is 2.99. The maximum absolute atomic E-state index is 13.9. The van der Waals surface area contributed by atoms with Gasteiger partial charge in [0.15, 0.2) is 5.69 Å². The van der Waals surface area contributed by atoms with Gasteiger partial charge in [-0.3, -0.25) is 19.2 Å². The van der Waals surface area contributed by atoms with Crippen LogP contribution in [0.2, 0.25) is 0 Å². The average Bonchev–Trinajstić information content (AvgIpc) is 3.59. The van der Waals surface area contributed by atoms with Crippen LogP contribution in [0.15, 0.2) is 53.1 Å². The zero-order chi connectivity index (χ0) is 31.2. The van der Waals surface area contributed by atoms with Crippen molar-refractivity contribution in [1.29, 1.82) is 0 Å². The molecule has 2 fully saturated rings. The molecule has 4 amide bonds. The van der Waals surface area contributed by atoms with Gasteiger partial charge in [0.1, 0.15) is 23.9 Å². The Hall–Kier alpha value is -4.74. The topological polar surface area (TPSA) is 169 Å². The van der Waals surface area contributed by atoms with Gasteiger partial charge in [0, 0.05) is 24.9 Å². The van der Waals surface area contributed by atoms with Gasteiger partial charge in [-0.25, -0.2) is 4.79 Å². The standard InChI is InChI=1S/C32H37N5O7/c1-18-14-26(37-44-18)31(41)35-25(16-21-8-5-7-20-6-3-4-9-23(20)21)30(40)34-24(15-19-10-11-19)29(39)36-27(32(42)43-2)17-22-12-13-33-28(22)38/h3-9,14,19,22,24-25,27H,10-13,15-17H2,1-2H3,(H,33,38)(H,34,40)(H,35,41)(H,36,39)/t22-,24-,25-,27-/m0/s1. The van der Waals surface area contributed by atoms with Crippen LogP contribution in [0.4, 0.5) is 0 Å². The lowest BCUT2D eigenvalue weighted by atomic mass is 9.97. The van der Waals surface area contributed by atoms with Gasteiger partial charge in [-0.1, -0.05) is 60.5 Å². The van der Waals surface area contributed by atoms with Crippen LogP contribution in [-0.2, 0) is 30.3 Å². The minimum absolute atomic E-state index is 0.0300. The van der Waals surface area contributed by atoms with E-state index in [0.717, 1.165) is 29.2 Å². The first-order valence-corrected chi connectivity index (χ1v) is 14.9. The fraction of sp³-hybridized carbons (Fsp3) is 0.438. The number of carbonyl (C=O) groups is 5. The maximum Gasteiger partial charge on any atom is 0.328 e. The number of aromatic nitrogens is 1. The number of aryl methyl sites for hydroxylation is 1. The number of methoxy groups -OCH3 is 1. The van der Waals surface area contributed by atoms with Gasteiger partial charge in [-0.2, -0.15) is 0 Å². The van der Waals surface area contributed by atoms with Gasteiger partial charge in [-0.05, 0) is 48.4 Å². The van der Waals surface area contributed by atoms with E-state index in [-0.39, 0.29) is 30.4 Å². The molecule has 44 heavy (non-hydrogen) atoms. The molecule has 1 aliphatic heterocycles. The number of rotatable bonds is 13. The lowest BCUT2D eigenvalue weighted by Crippen LogP contribution is -2.56. The molecule has 1 aromatic heterocycles. The summed E-state index contributed by atoms with van der Waals surface area (Å²) in [4.78, 5) is 65.3. The Labute approximate surface area is 254 Å². The maximum atomic E-state index is 13.9. The van der Waals surface area contributed by atoms with E-state index in [0.29, 0.717) is 25.1 Å². The van der Waals surface area contributed by atoms with Crippen molar-refractivity contribution in [3.05, 3.63) is 65.5 Å². The molecule has 1 aliphatic carbocycles. The Morgan fingerprint density at radius 2 is 1.68 bits per heavy atom. The van der Waals surface area contributed by atoms with E-state index in [4.69, 9.17) is 9.26 Å². The monoisotopic (exact) mass is 603 g/mol. The van der Waals surface area contributed by atoms with Crippen LogP contribution >= 0.6 is 0 Å². The van der Waals surface area contributed by atoms with Gasteiger partial charge >= 0.3 is 5.97 Å². The second-order valence-corrected chi connectivity index (χ2v) is 11.5. The summed E-state index contributed by atoms with van der Waals surface area (Å²) in [5.41, 5.74) is 0.867. The number of ether oxygens (including phenoxy) is 1. The summed E-state index contributed by atoms with van der Waals surface area (Å²) in [6, 6.07) is 11.9. The van der Waals surface area contributed by atoms with E-state index in [9.17, 15) is 24.0 Å². The molecule has 5 rings (SSSR count). The molecule has 0 bridgehead atoms. The Kier molecular flexibility index (Phi) is 9.56. The summed E-state index contributed by atoms with van der Waals surface area (Å²) in [5.74, 6) is -2.29. The van der Waals surface area contributed by atoms with Gasteiger partial charge in [0.25, 0.3) is 5.91 Å². The molecule has 4 N–H and O–H groups in total. The summed E-state index contributed by atoms with van der Waals surface area (Å²) >= 11 is 0. The highest BCUT2D eigenvalue weighted by molar-refractivity contribution is 5.98. The lowest BCUT2D eigenvalue weighted by molar-refractivity contribution is -0.146. The van der Waals surface area contributed by atoms with Gasteiger partial charge in [0.05, 0.1) is 7.11 Å². The molecule has 232 valence electrons. The van der Waals surface area contributed by atoms with Crippen LogP contribution in [-0.4, -0.2) is 66.5 Å². The number of esters is 1. The Balaban J connectivity index is 1.36. The number of benzene rings is 2. The molecule has 1 saturated carbocycles. The first kappa shape index (κ1) is 30.7. The van der Waals surface area contributed by atoms with Crippen molar-refractivity contribution < 1.29 is 33.2 Å². The zero-order valence-electron chi connectivity index (χ0n) is 24.8. The van der Waals surface area contributed by atoms with Gasteiger partial charge in [-0.15, -0.1) is 0 Å². The molecular weight excluding hydrogens is 566 g/mol. The molecule has 2 aliphatic rings. The van der Waals surface area contributed by atoms with Crippen LogP contribution in [0.1, 0.15) is 53.9 Å². The summed E-state index contributed by atoms with van der Waals surface area (Å²) < 4.78 is 9.95. The Bertz CT molecular complexity index is 1540. The van der Waals surface area contributed by atoms with Crippen molar-refractivity contribution in [2.24, 2.45) is 11.8 Å². The molecule has 4 atom stereocenters. The molecule has 2 heterocycles. The summed E-state index contributed by atoms with van der Waals surface area (Å²) in [5, 5.41) is 16.8. The minimum atomic E-state index is -1.06. The van der Waals surface area contributed by atoms with E-state index >= 15 is 0 Å². The second-order valence-electron chi connectivity index (χ2n) is 11.5. The van der Waals surface area contributed by atoms with Crippen LogP contribution in [0, 0.1) is 18.8 Å². The van der Waals surface area contributed by atoms with E-state index in [1.807, 2.05) is 42.5 Å². The highest BCUT2D eigenvalue weighted by Crippen LogP contribution is 2.33.